The third-order valence-electron chi connectivity index (χ3n) is 5.06. The summed E-state index contributed by atoms with van der Waals surface area (Å²) >= 11 is 0. The minimum atomic E-state index is -0.406. The Labute approximate surface area is 163 Å². The fourth-order valence-corrected chi connectivity index (χ4v) is 3.57. The van der Waals surface area contributed by atoms with Crippen molar-refractivity contribution >= 4 is 6.09 Å². The van der Waals surface area contributed by atoms with Crippen LogP contribution in [0.25, 0.3) is 22.5 Å². The van der Waals surface area contributed by atoms with Crippen LogP contribution in [0.15, 0.2) is 49.1 Å². The molecular formula is C21H23N5O2. The standard InChI is InChI=1S/C21H23N5O2/c27-21(23-11-15-5-2-1-3-6-15)28-19-8-4-7-16(10-19)17-9-18(13-22-12-17)20-24-14-25-26-20/h4,7-10,12-15H,1-3,5-6,11H2,(H,23,27)(H,24,25,26). The van der Waals surface area contributed by atoms with Crippen molar-refractivity contribution in [3.63, 3.8) is 0 Å². The van der Waals surface area contributed by atoms with Gasteiger partial charge in [0.2, 0.25) is 0 Å². The molecule has 1 saturated carbocycles. The van der Waals surface area contributed by atoms with Crippen molar-refractivity contribution < 1.29 is 9.53 Å². The number of rotatable bonds is 5. The Balaban J connectivity index is 1.41. The van der Waals surface area contributed by atoms with E-state index in [0.29, 0.717) is 24.0 Å². The molecule has 1 fully saturated rings. The highest BCUT2D eigenvalue weighted by molar-refractivity contribution is 5.73. The van der Waals surface area contributed by atoms with Crippen molar-refractivity contribution in [2.75, 3.05) is 6.54 Å². The van der Waals surface area contributed by atoms with Gasteiger partial charge in [-0.25, -0.2) is 9.78 Å². The number of nitrogens with zero attached hydrogens (tertiary/aromatic N) is 3. The fourth-order valence-electron chi connectivity index (χ4n) is 3.57. The molecule has 7 nitrogen and oxygen atoms in total. The summed E-state index contributed by atoms with van der Waals surface area (Å²) in [7, 11) is 0. The lowest BCUT2D eigenvalue weighted by molar-refractivity contribution is 0.196. The predicted octanol–water partition coefficient (Wildman–Crippen LogP) is 4.20. The van der Waals surface area contributed by atoms with E-state index < -0.39 is 6.09 Å². The smallest absolute Gasteiger partial charge is 0.410 e. The zero-order valence-electron chi connectivity index (χ0n) is 15.6. The van der Waals surface area contributed by atoms with Crippen LogP contribution in [0.2, 0.25) is 0 Å². The Morgan fingerprint density at radius 2 is 1.96 bits per heavy atom. The van der Waals surface area contributed by atoms with Gasteiger partial charge in [-0.1, -0.05) is 31.4 Å². The largest absolute Gasteiger partial charge is 0.412 e. The van der Waals surface area contributed by atoms with Gasteiger partial charge in [0.1, 0.15) is 12.1 Å². The first kappa shape index (κ1) is 18.2. The van der Waals surface area contributed by atoms with Gasteiger partial charge in [-0.15, -0.1) is 0 Å². The van der Waals surface area contributed by atoms with Gasteiger partial charge in [-0.3, -0.25) is 10.1 Å². The molecule has 2 N–H and O–H groups in total. The molecule has 0 aliphatic heterocycles. The molecule has 1 aliphatic rings. The summed E-state index contributed by atoms with van der Waals surface area (Å²) in [5, 5.41) is 9.60. The number of hydrogen-bond donors (Lipinski definition) is 2. The molecule has 1 aliphatic carbocycles. The number of H-pyrrole nitrogens is 1. The van der Waals surface area contributed by atoms with Gasteiger partial charge >= 0.3 is 6.09 Å². The van der Waals surface area contributed by atoms with E-state index in [-0.39, 0.29) is 0 Å². The lowest BCUT2D eigenvalue weighted by atomic mass is 9.89. The van der Waals surface area contributed by atoms with Crippen LogP contribution >= 0.6 is 0 Å². The maximum Gasteiger partial charge on any atom is 0.412 e. The van der Waals surface area contributed by atoms with Crippen molar-refractivity contribution in [3.8, 4) is 28.3 Å². The molecule has 4 rings (SSSR count). The molecule has 28 heavy (non-hydrogen) atoms. The Bertz CT molecular complexity index is 920. The molecule has 0 atom stereocenters. The van der Waals surface area contributed by atoms with Crippen LogP contribution in [0.4, 0.5) is 4.79 Å². The second kappa shape index (κ2) is 8.65. The van der Waals surface area contributed by atoms with E-state index in [2.05, 4.69) is 25.5 Å². The highest BCUT2D eigenvalue weighted by atomic mass is 16.6. The van der Waals surface area contributed by atoms with Crippen LogP contribution in [-0.2, 0) is 0 Å². The van der Waals surface area contributed by atoms with Crippen molar-refractivity contribution in [1.82, 2.24) is 25.5 Å². The van der Waals surface area contributed by atoms with Crippen molar-refractivity contribution in [2.24, 2.45) is 5.92 Å². The van der Waals surface area contributed by atoms with E-state index in [0.717, 1.165) is 16.7 Å². The van der Waals surface area contributed by atoms with Crippen molar-refractivity contribution in [2.45, 2.75) is 32.1 Å². The van der Waals surface area contributed by atoms with Crippen molar-refractivity contribution in [1.29, 1.82) is 0 Å². The Morgan fingerprint density at radius 1 is 1.11 bits per heavy atom. The molecular weight excluding hydrogens is 354 g/mol. The molecule has 3 aromatic rings. The molecule has 1 aromatic carbocycles. The molecule has 0 unspecified atom stereocenters. The first-order valence-electron chi connectivity index (χ1n) is 9.65. The molecule has 7 heteroatoms. The van der Waals surface area contributed by atoms with Crippen LogP contribution in [-0.4, -0.2) is 32.8 Å². The topological polar surface area (TPSA) is 92.8 Å². The Kier molecular flexibility index (Phi) is 5.61. The van der Waals surface area contributed by atoms with Gasteiger partial charge < -0.3 is 10.1 Å². The lowest BCUT2D eigenvalue weighted by Gasteiger charge is -2.21. The maximum atomic E-state index is 12.1. The van der Waals surface area contributed by atoms with Crippen LogP contribution in [0.5, 0.6) is 5.75 Å². The van der Waals surface area contributed by atoms with Gasteiger partial charge in [0, 0.05) is 30.1 Å². The van der Waals surface area contributed by atoms with Gasteiger partial charge in [0.25, 0.3) is 0 Å². The molecule has 144 valence electrons. The zero-order chi connectivity index (χ0) is 19.2. The second-order valence-electron chi connectivity index (χ2n) is 7.10. The first-order valence-corrected chi connectivity index (χ1v) is 9.65. The summed E-state index contributed by atoms with van der Waals surface area (Å²) in [5.74, 6) is 1.73. The van der Waals surface area contributed by atoms with Crippen LogP contribution < -0.4 is 10.1 Å². The molecule has 1 amide bonds. The van der Waals surface area contributed by atoms with E-state index in [1.165, 1.54) is 38.4 Å². The summed E-state index contributed by atoms with van der Waals surface area (Å²) in [6.07, 6.45) is 10.7. The van der Waals surface area contributed by atoms with E-state index in [4.69, 9.17) is 4.74 Å². The Morgan fingerprint density at radius 3 is 2.79 bits per heavy atom. The second-order valence-corrected chi connectivity index (χ2v) is 7.10. The number of benzene rings is 1. The summed E-state index contributed by atoms with van der Waals surface area (Å²) in [4.78, 5) is 20.6. The van der Waals surface area contributed by atoms with Gasteiger partial charge in [0.15, 0.2) is 5.82 Å². The number of pyridine rings is 1. The van der Waals surface area contributed by atoms with Crippen molar-refractivity contribution in [3.05, 3.63) is 49.1 Å². The van der Waals surface area contributed by atoms with Gasteiger partial charge in [-0.05, 0) is 42.5 Å². The van der Waals surface area contributed by atoms with Crippen LogP contribution in [0.3, 0.4) is 0 Å². The molecule has 0 radical (unpaired) electrons. The van der Waals surface area contributed by atoms with Gasteiger partial charge in [0.05, 0.1) is 0 Å². The number of amides is 1. The summed E-state index contributed by atoms with van der Waals surface area (Å²) in [6.45, 7) is 0.682. The van der Waals surface area contributed by atoms with Crippen LogP contribution in [0.1, 0.15) is 32.1 Å². The summed E-state index contributed by atoms with van der Waals surface area (Å²) in [6, 6.07) is 9.39. The molecule has 0 bridgehead atoms. The SMILES string of the molecule is O=C(NCC1CCCCC1)Oc1cccc(-c2cncc(-c3ncn[nH]3)c2)c1. The number of carbonyl (C=O) groups is 1. The fraction of sp³-hybridized carbons (Fsp3) is 0.333. The minimum Gasteiger partial charge on any atom is -0.410 e. The normalized spacial score (nSPS) is 14.6. The number of ether oxygens (including phenoxy) is 1. The highest BCUT2D eigenvalue weighted by Crippen LogP contribution is 2.26. The van der Waals surface area contributed by atoms with Gasteiger partial charge in [-0.2, -0.15) is 5.10 Å². The highest BCUT2D eigenvalue weighted by Gasteiger charge is 2.15. The molecule has 2 heterocycles. The zero-order valence-corrected chi connectivity index (χ0v) is 15.6. The molecule has 0 spiro atoms. The first-order chi connectivity index (χ1) is 13.8. The third-order valence-corrected chi connectivity index (χ3v) is 5.06. The average Bonchev–Trinajstić information content (AvgIpc) is 3.28. The number of carbonyl (C=O) groups excluding carboxylic acids is 1. The number of hydrogen-bond acceptors (Lipinski definition) is 5. The summed E-state index contributed by atoms with van der Waals surface area (Å²) < 4.78 is 5.47. The lowest BCUT2D eigenvalue weighted by Crippen LogP contribution is -2.32. The average molecular weight is 377 g/mol. The molecule has 2 aromatic heterocycles. The van der Waals surface area contributed by atoms with E-state index in [1.54, 1.807) is 18.5 Å². The third kappa shape index (κ3) is 4.54. The summed E-state index contributed by atoms with van der Waals surface area (Å²) in [5.41, 5.74) is 2.65. The van der Waals surface area contributed by atoms with E-state index in [9.17, 15) is 4.79 Å². The Hall–Kier alpha value is -3.22. The van der Waals surface area contributed by atoms with E-state index >= 15 is 0 Å². The quantitative estimate of drug-likeness (QED) is 0.695. The number of aromatic amines is 1. The number of nitrogens with one attached hydrogen (secondary N) is 2. The maximum absolute atomic E-state index is 12.1. The predicted molar refractivity (Wildman–Crippen MR) is 106 cm³/mol. The number of aromatic nitrogens is 4. The van der Waals surface area contributed by atoms with Crippen LogP contribution in [0, 0.1) is 5.92 Å². The van der Waals surface area contributed by atoms with E-state index in [1.807, 2.05) is 24.3 Å². The minimum absolute atomic E-state index is 0.406. The monoisotopic (exact) mass is 377 g/mol. The molecule has 0 saturated heterocycles.